The Hall–Kier alpha value is -3.48. The molecule has 180 valence electrons. The van der Waals surface area contributed by atoms with Gasteiger partial charge in [-0.05, 0) is 73.2 Å². The second kappa shape index (κ2) is 8.95. The average Bonchev–Trinajstić information content (AvgIpc) is 3.34. The molecule has 0 aliphatic carbocycles. The highest BCUT2D eigenvalue weighted by Gasteiger charge is 2.48. The average molecular weight is 507 g/mol. The van der Waals surface area contributed by atoms with Gasteiger partial charge in [-0.2, -0.15) is 5.26 Å². The van der Waals surface area contributed by atoms with E-state index in [1.54, 1.807) is 51.2 Å². The number of carbonyl (C=O) groups excluding carboxylic acids is 1. The van der Waals surface area contributed by atoms with Crippen LogP contribution in [0.3, 0.4) is 0 Å². The van der Waals surface area contributed by atoms with Gasteiger partial charge in [-0.25, -0.2) is 13.4 Å². The van der Waals surface area contributed by atoms with Crippen LogP contribution in [0.5, 0.6) is 0 Å². The Morgan fingerprint density at radius 2 is 1.83 bits per heavy atom. The molecule has 0 saturated heterocycles. The molecule has 3 aromatic rings. The van der Waals surface area contributed by atoms with Gasteiger partial charge in [0, 0.05) is 11.9 Å². The number of nitriles is 1. The van der Waals surface area contributed by atoms with Crippen LogP contribution in [0, 0.1) is 11.3 Å². The van der Waals surface area contributed by atoms with E-state index in [0.717, 1.165) is 16.0 Å². The lowest BCUT2D eigenvalue weighted by Crippen LogP contribution is -2.52. The quantitative estimate of drug-likeness (QED) is 0.555. The summed E-state index contributed by atoms with van der Waals surface area (Å²) >= 11 is 1.47. The number of likely N-dealkylation sites (N-methyl/N-ethyl adjacent to an activating group) is 1. The Morgan fingerprint density at radius 3 is 2.46 bits per heavy atom. The molecule has 0 spiro atoms. The molecule has 0 bridgehead atoms. The number of amides is 1. The number of thiophene rings is 1. The molecule has 35 heavy (non-hydrogen) atoms. The Balaban J connectivity index is 1.81. The second-order valence-corrected chi connectivity index (χ2v) is 12.4. The summed E-state index contributed by atoms with van der Waals surface area (Å²) < 4.78 is 25.2. The van der Waals surface area contributed by atoms with Gasteiger partial charge in [-0.3, -0.25) is 9.69 Å². The van der Waals surface area contributed by atoms with Crippen LogP contribution in [0.25, 0.3) is 11.1 Å². The molecule has 2 aromatic carbocycles. The summed E-state index contributed by atoms with van der Waals surface area (Å²) in [4.78, 5) is 20.6. The van der Waals surface area contributed by atoms with E-state index in [0.29, 0.717) is 11.1 Å². The van der Waals surface area contributed by atoms with Crippen molar-refractivity contribution in [2.24, 2.45) is 10.7 Å². The van der Waals surface area contributed by atoms with Crippen molar-refractivity contribution >= 4 is 33.0 Å². The van der Waals surface area contributed by atoms with Crippen LogP contribution in [0.1, 0.15) is 42.7 Å². The summed E-state index contributed by atoms with van der Waals surface area (Å²) in [6, 6.07) is 17.9. The van der Waals surface area contributed by atoms with Gasteiger partial charge in [0.1, 0.15) is 5.54 Å². The molecular formula is C26H26N4O3S2. The lowest BCUT2D eigenvalue weighted by molar-refractivity contribution is -0.130. The molecule has 0 radical (unpaired) electrons. The minimum Gasteiger partial charge on any atom is -0.369 e. The summed E-state index contributed by atoms with van der Waals surface area (Å²) in [5.41, 5.74) is 8.17. The fourth-order valence-corrected chi connectivity index (χ4v) is 6.35. The lowest BCUT2D eigenvalue weighted by Gasteiger charge is -2.40. The standard InChI is InChI=1S/C26H26N4O3S2/c1-16(2)35(32,33)21-10-8-18(9-11-21)23-24(31)30(4)25(28)29-26(23,3)22-13-20(15-34-22)19-7-5-6-17(12-19)14-27/h5-13,15-16,23H,1-4H3,(H2,28,29)/t23-,26+/m0/s1. The summed E-state index contributed by atoms with van der Waals surface area (Å²) in [5.74, 6) is -0.803. The van der Waals surface area contributed by atoms with Crippen molar-refractivity contribution in [3.63, 3.8) is 0 Å². The van der Waals surface area contributed by atoms with Crippen molar-refractivity contribution in [1.29, 1.82) is 5.26 Å². The molecule has 2 N–H and O–H groups in total. The van der Waals surface area contributed by atoms with E-state index in [-0.39, 0.29) is 16.8 Å². The minimum absolute atomic E-state index is 0.120. The maximum absolute atomic E-state index is 13.5. The number of sulfone groups is 1. The first-order valence-corrected chi connectivity index (χ1v) is 13.5. The number of carbonyl (C=O) groups is 1. The molecular weight excluding hydrogens is 480 g/mol. The number of nitrogens with two attached hydrogens (primary N) is 1. The third-order valence-corrected chi connectivity index (χ3v) is 9.74. The molecule has 4 rings (SSSR count). The van der Waals surface area contributed by atoms with E-state index in [1.807, 2.05) is 36.6 Å². The van der Waals surface area contributed by atoms with E-state index < -0.39 is 26.5 Å². The topological polar surface area (TPSA) is 117 Å². The van der Waals surface area contributed by atoms with E-state index in [9.17, 15) is 18.5 Å². The van der Waals surface area contributed by atoms with Gasteiger partial charge < -0.3 is 5.73 Å². The molecule has 9 heteroatoms. The monoisotopic (exact) mass is 506 g/mol. The van der Waals surface area contributed by atoms with Crippen molar-refractivity contribution in [1.82, 2.24) is 4.90 Å². The van der Waals surface area contributed by atoms with Gasteiger partial charge >= 0.3 is 0 Å². The van der Waals surface area contributed by atoms with Crippen LogP contribution < -0.4 is 5.73 Å². The fourth-order valence-electron chi connectivity index (χ4n) is 4.23. The van der Waals surface area contributed by atoms with Crippen LogP contribution in [-0.2, 0) is 20.2 Å². The van der Waals surface area contributed by atoms with E-state index in [4.69, 9.17) is 10.7 Å². The zero-order valence-electron chi connectivity index (χ0n) is 19.9. The molecule has 0 fully saturated rings. The number of hydrogen-bond donors (Lipinski definition) is 1. The molecule has 7 nitrogen and oxygen atoms in total. The number of hydrogen-bond acceptors (Lipinski definition) is 7. The van der Waals surface area contributed by atoms with Gasteiger partial charge in [0.05, 0.1) is 27.7 Å². The normalized spacial score (nSPS) is 20.6. The van der Waals surface area contributed by atoms with Crippen LogP contribution in [0.2, 0.25) is 0 Å². The summed E-state index contributed by atoms with van der Waals surface area (Å²) in [6.07, 6.45) is 0. The van der Waals surface area contributed by atoms with Crippen molar-refractivity contribution in [2.45, 2.75) is 42.4 Å². The van der Waals surface area contributed by atoms with Gasteiger partial charge in [-0.15, -0.1) is 11.3 Å². The van der Waals surface area contributed by atoms with Gasteiger partial charge in [0.15, 0.2) is 15.8 Å². The van der Waals surface area contributed by atoms with Crippen molar-refractivity contribution in [3.8, 4) is 17.2 Å². The molecule has 1 aromatic heterocycles. The molecule has 0 saturated carbocycles. The fraction of sp³-hybridized carbons (Fsp3) is 0.269. The first kappa shape index (κ1) is 24.6. The lowest BCUT2D eigenvalue weighted by atomic mass is 9.77. The molecule has 0 unspecified atom stereocenters. The number of aliphatic imine (C=N–C) groups is 1. The smallest absolute Gasteiger partial charge is 0.239 e. The highest BCUT2D eigenvalue weighted by molar-refractivity contribution is 7.92. The zero-order chi connectivity index (χ0) is 25.5. The molecule has 1 aliphatic heterocycles. The first-order chi connectivity index (χ1) is 16.5. The molecule has 2 heterocycles. The number of rotatable bonds is 5. The summed E-state index contributed by atoms with van der Waals surface area (Å²) in [7, 11) is -1.85. The number of benzene rings is 2. The minimum atomic E-state index is -3.44. The van der Waals surface area contributed by atoms with Crippen molar-refractivity contribution < 1.29 is 13.2 Å². The molecule has 1 aliphatic rings. The third kappa shape index (κ3) is 4.24. The van der Waals surface area contributed by atoms with Gasteiger partial charge in [-0.1, -0.05) is 24.3 Å². The Kier molecular flexibility index (Phi) is 6.30. The highest BCUT2D eigenvalue weighted by atomic mass is 32.2. The van der Waals surface area contributed by atoms with Crippen LogP contribution in [0.4, 0.5) is 0 Å². The van der Waals surface area contributed by atoms with Crippen LogP contribution in [-0.4, -0.2) is 37.5 Å². The zero-order valence-corrected chi connectivity index (χ0v) is 21.5. The molecule has 1 amide bonds. The Labute approximate surface area is 209 Å². The Morgan fingerprint density at radius 1 is 1.14 bits per heavy atom. The Bertz CT molecular complexity index is 1470. The highest BCUT2D eigenvalue weighted by Crippen LogP contribution is 2.47. The van der Waals surface area contributed by atoms with Gasteiger partial charge in [0.25, 0.3) is 0 Å². The SMILES string of the molecule is CC(C)S(=O)(=O)c1ccc([C@H]2C(=O)N(C)C(N)=N[C@]2(C)c2cc(-c3cccc(C#N)c3)cs2)cc1. The first-order valence-electron chi connectivity index (χ1n) is 11.1. The maximum atomic E-state index is 13.5. The van der Waals surface area contributed by atoms with E-state index in [1.165, 1.54) is 16.2 Å². The van der Waals surface area contributed by atoms with Crippen LogP contribution >= 0.6 is 11.3 Å². The number of nitrogens with zero attached hydrogens (tertiary/aromatic N) is 3. The second-order valence-electron chi connectivity index (χ2n) is 9.00. The largest absolute Gasteiger partial charge is 0.369 e. The van der Waals surface area contributed by atoms with E-state index in [2.05, 4.69) is 6.07 Å². The van der Waals surface area contributed by atoms with Crippen LogP contribution in [0.15, 0.2) is 69.9 Å². The van der Waals surface area contributed by atoms with Crippen molar-refractivity contribution in [2.75, 3.05) is 7.05 Å². The number of guanidine groups is 1. The predicted octanol–water partition coefficient (Wildman–Crippen LogP) is 4.25. The molecule has 2 atom stereocenters. The van der Waals surface area contributed by atoms with E-state index >= 15 is 0 Å². The maximum Gasteiger partial charge on any atom is 0.239 e. The summed E-state index contributed by atoms with van der Waals surface area (Å²) in [5, 5.41) is 10.7. The third-order valence-electron chi connectivity index (χ3n) is 6.42. The van der Waals surface area contributed by atoms with Crippen molar-refractivity contribution in [3.05, 3.63) is 76.0 Å². The predicted molar refractivity (Wildman–Crippen MR) is 138 cm³/mol. The van der Waals surface area contributed by atoms with Gasteiger partial charge in [0.2, 0.25) is 5.91 Å². The summed E-state index contributed by atoms with van der Waals surface area (Å²) in [6.45, 7) is 5.14.